The van der Waals surface area contributed by atoms with E-state index in [1.165, 1.54) is 16.2 Å². The van der Waals surface area contributed by atoms with Gasteiger partial charge in [0.2, 0.25) is 0 Å². The van der Waals surface area contributed by atoms with Crippen molar-refractivity contribution < 1.29 is 9.59 Å². The highest BCUT2D eigenvalue weighted by atomic mass is 35.5. The van der Waals surface area contributed by atoms with Crippen molar-refractivity contribution in [1.82, 2.24) is 9.88 Å². The van der Waals surface area contributed by atoms with Gasteiger partial charge in [0.1, 0.15) is 6.04 Å². The summed E-state index contributed by atoms with van der Waals surface area (Å²) in [5.74, 6) is -0.121. The topological polar surface area (TPSA) is 65.5 Å². The first-order valence-corrected chi connectivity index (χ1v) is 8.91. The lowest BCUT2D eigenvalue weighted by molar-refractivity contribution is -0.119. The number of nitrogens with zero attached hydrogens (tertiary/aromatic N) is 3. The van der Waals surface area contributed by atoms with Gasteiger partial charge in [0.15, 0.2) is 4.47 Å². The maximum Gasteiger partial charge on any atom is 0.332 e. The third-order valence-corrected chi connectivity index (χ3v) is 5.41. The number of carbonyl (C=O) groups excluding carboxylic acids is 2. The maximum atomic E-state index is 12.5. The van der Waals surface area contributed by atoms with Gasteiger partial charge in [-0.1, -0.05) is 17.7 Å². The van der Waals surface area contributed by atoms with Gasteiger partial charge in [-0.15, -0.1) is 11.3 Å². The van der Waals surface area contributed by atoms with E-state index in [0.717, 1.165) is 23.4 Å². The monoisotopic (exact) mass is 362 g/mol. The number of benzene rings is 1. The summed E-state index contributed by atoms with van der Waals surface area (Å²) >= 11 is 7.24. The Hall–Kier alpha value is -2.12. The van der Waals surface area contributed by atoms with Gasteiger partial charge in [-0.25, -0.2) is 14.7 Å². The van der Waals surface area contributed by atoms with Crippen molar-refractivity contribution in [2.24, 2.45) is 0 Å². The van der Waals surface area contributed by atoms with Crippen LogP contribution in [0.3, 0.4) is 0 Å². The number of hydrogen-bond donors (Lipinski definition) is 1. The highest BCUT2D eigenvalue weighted by molar-refractivity contribution is 7.15. The van der Waals surface area contributed by atoms with Crippen LogP contribution < -0.4 is 10.2 Å². The van der Waals surface area contributed by atoms with E-state index >= 15 is 0 Å². The molecule has 1 unspecified atom stereocenters. The lowest BCUT2D eigenvalue weighted by Gasteiger charge is -2.16. The number of urea groups is 1. The zero-order chi connectivity index (χ0) is 16.7. The Morgan fingerprint density at radius 2 is 2.25 bits per heavy atom. The number of anilines is 2. The molecule has 0 bridgehead atoms. The van der Waals surface area contributed by atoms with Gasteiger partial charge in [-0.3, -0.25) is 4.79 Å². The first-order chi connectivity index (χ1) is 11.6. The molecule has 0 saturated carbocycles. The molecule has 2 aliphatic rings. The summed E-state index contributed by atoms with van der Waals surface area (Å²) in [5, 5.41) is 3.27. The molecular formula is C16H15ClN4O2S. The standard InChI is InChI=1S/C16H15ClN4O2S/c17-15-19-9-12(24-15)8-18-10-3-1-4-11(7-10)21-14(22)13-5-2-6-20(13)16(21)23/h1,3-4,7,9,13,18H,2,5-6,8H2. The molecule has 1 atom stereocenters. The largest absolute Gasteiger partial charge is 0.380 e. The minimum absolute atomic E-state index is 0.121. The molecule has 3 amide bonds. The van der Waals surface area contributed by atoms with E-state index < -0.39 is 0 Å². The smallest absolute Gasteiger partial charge is 0.332 e. The van der Waals surface area contributed by atoms with E-state index in [1.807, 2.05) is 18.2 Å². The Morgan fingerprint density at radius 1 is 1.38 bits per heavy atom. The number of amides is 3. The third kappa shape index (κ3) is 2.63. The molecule has 124 valence electrons. The average Bonchev–Trinajstić information content (AvgIpc) is 3.26. The SMILES string of the molecule is O=C1C2CCCN2C(=O)N1c1cccc(NCc2cnc(Cl)s2)c1. The first kappa shape index (κ1) is 15.4. The first-order valence-electron chi connectivity index (χ1n) is 7.72. The van der Waals surface area contributed by atoms with Crippen LogP contribution in [-0.2, 0) is 11.3 Å². The lowest BCUT2D eigenvalue weighted by atomic mass is 10.2. The Kier molecular flexibility index (Phi) is 3.90. The van der Waals surface area contributed by atoms with Gasteiger partial charge in [-0.2, -0.15) is 0 Å². The highest BCUT2D eigenvalue weighted by Crippen LogP contribution is 2.32. The zero-order valence-electron chi connectivity index (χ0n) is 12.7. The number of nitrogens with one attached hydrogen (secondary N) is 1. The minimum atomic E-state index is -0.284. The van der Waals surface area contributed by atoms with E-state index in [-0.39, 0.29) is 18.0 Å². The van der Waals surface area contributed by atoms with Gasteiger partial charge < -0.3 is 10.2 Å². The number of aromatic nitrogens is 1. The van der Waals surface area contributed by atoms with E-state index in [0.29, 0.717) is 23.2 Å². The van der Waals surface area contributed by atoms with Crippen molar-refractivity contribution in [3.8, 4) is 0 Å². The zero-order valence-corrected chi connectivity index (χ0v) is 14.3. The number of hydrogen-bond acceptors (Lipinski definition) is 5. The number of halogens is 1. The van der Waals surface area contributed by atoms with E-state index in [1.54, 1.807) is 17.2 Å². The Morgan fingerprint density at radius 3 is 3.00 bits per heavy atom. The Balaban J connectivity index is 1.52. The average molecular weight is 363 g/mol. The summed E-state index contributed by atoms with van der Waals surface area (Å²) in [7, 11) is 0. The fourth-order valence-electron chi connectivity index (χ4n) is 3.17. The van der Waals surface area contributed by atoms with E-state index in [4.69, 9.17) is 11.6 Å². The summed E-state index contributed by atoms with van der Waals surface area (Å²) in [6.45, 7) is 1.25. The fraction of sp³-hybridized carbons (Fsp3) is 0.312. The normalized spacial score (nSPS) is 20.0. The van der Waals surface area contributed by atoms with Crippen molar-refractivity contribution in [3.63, 3.8) is 0 Å². The van der Waals surface area contributed by atoms with Crippen LogP contribution in [0.25, 0.3) is 0 Å². The minimum Gasteiger partial charge on any atom is -0.380 e. The Labute approximate surface area is 148 Å². The molecule has 2 fully saturated rings. The van der Waals surface area contributed by atoms with Gasteiger partial charge in [0.05, 0.1) is 12.2 Å². The fourth-order valence-corrected chi connectivity index (χ4v) is 4.09. The summed E-state index contributed by atoms with van der Waals surface area (Å²) in [6, 6.07) is 6.84. The second-order valence-corrected chi connectivity index (χ2v) is 7.49. The van der Waals surface area contributed by atoms with Crippen molar-refractivity contribution >= 4 is 46.3 Å². The number of thiazole rings is 1. The van der Waals surface area contributed by atoms with Crippen molar-refractivity contribution in [1.29, 1.82) is 0 Å². The molecule has 3 heterocycles. The molecule has 0 aliphatic carbocycles. The summed E-state index contributed by atoms with van der Waals surface area (Å²) in [4.78, 5) is 33.0. The molecule has 1 aromatic heterocycles. The molecule has 6 nitrogen and oxygen atoms in total. The van der Waals surface area contributed by atoms with Gasteiger partial charge in [0.25, 0.3) is 5.91 Å². The molecule has 2 aliphatic heterocycles. The second kappa shape index (κ2) is 6.07. The summed E-state index contributed by atoms with van der Waals surface area (Å²) in [6.07, 6.45) is 3.38. The third-order valence-electron chi connectivity index (χ3n) is 4.29. The van der Waals surface area contributed by atoms with Crippen LogP contribution in [-0.4, -0.2) is 34.4 Å². The number of fused-ring (bicyclic) bond motifs is 1. The molecule has 8 heteroatoms. The molecule has 0 radical (unpaired) electrons. The van der Waals surface area contributed by atoms with Gasteiger partial charge in [-0.05, 0) is 31.0 Å². The number of carbonyl (C=O) groups is 2. The van der Waals surface area contributed by atoms with Crippen LogP contribution in [0.2, 0.25) is 4.47 Å². The molecule has 2 saturated heterocycles. The lowest BCUT2D eigenvalue weighted by Crippen LogP contribution is -2.33. The molecule has 2 aromatic rings. The van der Waals surface area contributed by atoms with Crippen LogP contribution in [0.4, 0.5) is 16.2 Å². The molecule has 4 rings (SSSR count). The molecular weight excluding hydrogens is 348 g/mol. The molecule has 1 N–H and O–H groups in total. The van der Waals surface area contributed by atoms with Crippen LogP contribution in [0.15, 0.2) is 30.5 Å². The van der Waals surface area contributed by atoms with Crippen molar-refractivity contribution in [2.75, 3.05) is 16.8 Å². The van der Waals surface area contributed by atoms with Gasteiger partial charge in [0, 0.05) is 23.3 Å². The molecule has 0 spiro atoms. The second-order valence-electron chi connectivity index (χ2n) is 5.79. The quantitative estimate of drug-likeness (QED) is 0.847. The van der Waals surface area contributed by atoms with Crippen LogP contribution in [0, 0.1) is 0 Å². The molecule has 24 heavy (non-hydrogen) atoms. The van der Waals surface area contributed by atoms with Crippen molar-refractivity contribution in [2.45, 2.75) is 25.4 Å². The van der Waals surface area contributed by atoms with E-state index in [9.17, 15) is 9.59 Å². The number of rotatable bonds is 4. The Bertz CT molecular complexity index is 787. The van der Waals surface area contributed by atoms with Crippen molar-refractivity contribution in [3.05, 3.63) is 39.8 Å². The van der Waals surface area contributed by atoms with Crippen LogP contribution in [0.1, 0.15) is 17.7 Å². The highest BCUT2D eigenvalue weighted by Gasteiger charge is 2.47. The predicted octanol–water partition coefficient (Wildman–Crippen LogP) is 3.34. The van der Waals surface area contributed by atoms with Crippen LogP contribution in [0.5, 0.6) is 0 Å². The molecule has 1 aromatic carbocycles. The predicted molar refractivity (Wildman–Crippen MR) is 93.5 cm³/mol. The van der Waals surface area contributed by atoms with E-state index in [2.05, 4.69) is 10.3 Å². The summed E-state index contributed by atoms with van der Waals surface area (Å²) in [5.41, 5.74) is 1.44. The maximum absolute atomic E-state index is 12.5. The van der Waals surface area contributed by atoms with Crippen LogP contribution >= 0.6 is 22.9 Å². The number of imide groups is 1. The van der Waals surface area contributed by atoms with Gasteiger partial charge >= 0.3 is 6.03 Å². The summed E-state index contributed by atoms with van der Waals surface area (Å²) < 4.78 is 0.509.